The molecule has 0 fully saturated rings. The van der Waals surface area contributed by atoms with E-state index in [1.54, 1.807) is 0 Å². The van der Waals surface area contributed by atoms with Crippen LogP contribution in [0.4, 0.5) is 0 Å². The molecule has 2 N–H and O–H groups in total. The van der Waals surface area contributed by atoms with E-state index >= 15 is 0 Å². The van der Waals surface area contributed by atoms with Gasteiger partial charge in [0, 0.05) is 24.9 Å². The molecule has 1 aromatic carbocycles. The molecule has 0 radical (unpaired) electrons. The average molecular weight is 314 g/mol. The van der Waals surface area contributed by atoms with Gasteiger partial charge >= 0.3 is 0 Å². The number of nitrogens with one attached hydrogen (secondary N) is 2. The highest BCUT2D eigenvalue weighted by atomic mass is 16.3. The number of rotatable bonds is 8. The Balaban J connectivity index is 1.75. The molecule has 23 heavy (non-hydrogen) atoms. The van der Waals surface area contributed by atoms with Crippen molar-refractivity contribution in [2.45, 2.75) is 26.2 Å². The summed E-state index contributed by atoms with van der Waals surface area (Å²) in [5.74, 6) is 1.23. The standard InChI is InChI=1S/C18H22N2O3/c1-2-12-19-18(22)13-20-17(21)11-9-15-8-10-16(23-15)14-6-4-3-5-7-14/h3-8,10H,2,9,11-13H2,1H3,(H,19,22)(H,20,21). The number of benzene rings is 1. The van der Waals surface area contributed by atoms with Gasteiger partial charge in [-0.05, 0) is 18.6 Å². The van der Waals surface area contributed by atoms with Crippen LogP contribution in [0.15, 0.2) is 46.9 Å². The molecule has 2 rings (SSSR count). The fourth-order valence-corrected chi connectivity index (χ4v) is 2.10. The van der Waals surface area contributed by atoms with Gasteiger partial charge in [-0.1, -0.05) is 37.3 Å². The third-order valence-electron chi connectivity index (χ3n) is 3.34. The Labute approximate surface area is 136 Å². The number of amides is 2. The quantitative estimate of drug-likeness (QED) is 0.786. The molecule has 0 bridgehead atoms. The summed E-state index contributed by atoms with van der Waals surface area (Å²) in [6.45, 7) is 2.63. The van der Waals surface area contributed by atoms with Crippen molar-refractivity contribution in [1.29, 1.82) is 0 Å². The molecule has 0 atom stereocenters. The second-order valence-electron chi connectivity index (χ2n) is 5.26. The minimum absolute atomic E-state index is 0.0201. The van der Waals surface area contributed by atoms with Gasteiger partial charge < -0.3 is 15.1 Å². The van der Waals surface area contributed by atoms with E-state index in [0.717, 1.165) is 23.5 Å². The van der Waals surface area contributed by atoms with E-state index in [1.807, 2.05) is 49.4 Å². The second-order valence-corrected chi connectivity index (χ2v) is 5.26. The van der Waals surface area contributed by atoms with Crippen LogP contribution in [0.3, 0.4) is 0 Å². The zero-order chi connectivity index (χ0) is 16.5. The van der Waals surface area contributed by atoms with Crippen molar-refractivity contribution >= 4 is 11.8 Å². The highest BCUT2D eigenvalue weighted by Gasteiger charge is 2.08. The summed E-state index contributed by atoms with van der Waals surface area (Å²) in [5.41, 5.74) is 1.01. The molecular weight excluding hydrogens is 292 g/mol. The molecule has 1 aromatic heterocycles. The number of aryl methyl sites for hydroxylation is 1. The first-order chi connectivity index (χ1) is 11.2. The van der Waals surface area contributed by atoms with E-state index in [-0.39, 0.29) is 18.4 Å². The van der Waals surface area contributed by atoms with E-state index in [0.29, 0.717) is 19.4 Å². The molecule has 1 heterocycles. The lowest BCUT2D eigenvalue weighted by Gasteiger charge is -2.05. The maximum Gasteiger partial charge on any atom is 0.239 e. The van der Waals surface area contributed by atoms with Crippen LogP contribution in [-0.2, 0) is 16.0 Å². The van der Waals surface area contributed by atoms with Crippen LogP contribution >= 0.6 is 0 Å². The van der Waals surface area contributed by atoms with Crippen molar-refractivity contribution in [3.63, 3.8) is 0 Å². The normalized spacial score (nSPS) is 10.3. The molecule has 0 spiro atoms. The van der Waals surface area contributed by atoms with Gasteiger partial charge in [-0.3, -0.25) is 9.59 Å². The Morgan fingerprint density at radius 2 is 1.78 bits per heavy atom. The van der Waals surface area contributed by atoms with Crippen LogP contribution in [0.5, 0.6) is 0 Å². The van der Waals surface area contributed by atoms with Gasteiger partial charge in [-0.2, -0.15) is 0 Å². The van der Waals surface area contributed by atoms with Crippen molar-refractivity contribution in [3.05, 3.63) is 48.2 Å². The molecule has 0 aliphatic carbocycles. The fourth-order valence-electron chi connectivity index (χ4n) is 2.10. The Morgan fingerprint density at radius 3 is 2.52 bits per heavy atom. The van der Waals surface area contributed by atoms with Crippen molar-refractivity contribution in [2.24, 2.45) is 0 Å². The van der Waals surface area contributed by atoms with Crippen LogP contribution in [0.1, 0.15) is 25.5 Å². The third-order valence-corrected chi connectivity index (χ3v) is 3.34. The molecule has 5 heteroatoms. The molecule has 2 amide bonds. The van der Waals surface area contributed by atoms with E-state index in [9.17, 15) is 9.59 Å². The summed E-state index contributed by atoms with van der Waals surface area (Å²) in [6, 6.07) is 13.6. The lowest BCUT2D eigenvalue weighted by Crippen LogP contribution is -2.37. The van der Waals surface area contributed by atoms with Crippen LogP contribution in [0.25, 0.3) is 11.3 Å². The maximum absolute atomic E-state index is 11.7. The average Bonchev–Trinajstić information content (AvgIpc) is 3.06. The van der Waals surface area contributed by atoms with Crippen molar-refractivity contribution in [3.8, 4) is 11.3 Å². The van der Waals surface area contributed by atoms with Gasteiger partial charge in [0.25, 0.3) is 0 Å². The Kier molecular flexibility index (Phi) is 6.41. The SMILES string of the molecule is CCCNC(=O)CNC(=O)CCc1ccc(-c2ccccc2)o1. The Morgan fingerprint density at radius 1 is 1.00 bits per heavy atom. The van der Waals surface area contributed by atoms with E-state index in [1.165, 1.54) is 0 Å². The Hall–Kier alpha value is -2.56. The molecule has 0 aliphatic rings. The molecule has 122 valence electrons. The predicted molar refractivity (Wildman–Crippen MR) is 88.8 cm³/mol. The third kappa shape index (κ3) is 5.62. The number of hydrogen-bond donors (Lipinski definition) is 2. The van der Waals surface area contributed by atoms with Crippen molar-refractivity contribution in [2.75, 3.05) is 13.1 Å². The summed E-state index contributed by atoms with van der Waals surface area (Å²) < 4.78 is 5.74. The monoisotopic (exact) mass is 314 g/mol. The molecule has 0 aliphatic heterocycles. The maximum atomic E-state index is 11.7. The first-order valence-corrected chi connectivity index (χ1v) is 7.86. The molecular formula is C18H22N2O3. The van der Waals surface area contributed by atoms with Crippen LogP contribution < -0.4 is 10.6 Å². The van der Waals surface area contributed by atoms with Gasteiger partial charge in [-0.15, -0.1) is 0 Å². The van der Waals surface area contributed by atoms with E-state index < -0.39 is 0 Å². The minimum atomic E-state index is -0.162. The van der Waals surface area contributed by atoms with Crippen LogP contribution in [0, 0.1) is 0 Å². The molecule has 0 saturated heterocycles. The number of hydrogen-bond acceptors (Lipinski definition) is 3. The van der Waals surface area contributed by atoms with Crippen LogP contribution in [-0.4, -0.2) is 24.9 Å². The number of carbonyl (C=O) groups is 2. The van der Waals surface area contributed by atoms with Crippen molar-refractivity contribution in [1.82, 2.24) is 10.6 Å². The fraction of sp³-hybridized carbons (Fsp3) is 0.333. The number of carbonyl (C=O) groups excluding carboxylic acids is 2. The molecule has 2 aromatic rings. The second kappa shape index (κ2) is 8.78. The lowest BCUT2D eigenvalue weighted by atomic mass is 10.2. The van der Waals surface area contributed by atoms with Gasteiger partial charge in [0.15, 0.2) is 0 Å². The Bertz CT molecular complexity index is 635. The lowest BCUT2D eigenvalue weighted by molar-refractivity contribution is -0.126. The smallest absolute Gasteiger partial charge is 0.239 e. The zero-order valence-electron chi connectivity index (χ0n) is 13.3. The van der Waals surface area contributed by atoms with Gasteiger partial charge in [0.2, 0.25) is 11.8 Å². The summed E-state index contributed by atoms with van der Waals surface area (Å²) >= 11 is 0. The molecule has 0 saturated carbocycles. The summed E-state index contributed by atoms with van der Waals surface area (Å²) in [6.07, 6.45) is 1.68. The van der Waals surface area contributed by atoms with Gasteiger partial charge in [0.05, 0.1) is 6.54 Å². The highest BCUT2D eigenvalue weighted by Crippen LogP contribution is 2.22. The summed E-state index contributed by atoms with van der Waals surface area (Å²) in [5, 5.41) is 5.32. The van der Waals surface area contributed by atoms with Crippen molar-refractivity contribution < 1.29 is 14.0 Å². The first kappa shape index (κ1) is 16.8. The molecule has 5 nitrogen and oxygen atoms in total. The van der Waals surface area contributed by atoms with E-state index in [2.05, 4.69) is 10.6 Å². The van der Waals surface area contributed by atoms with Gasteiger partial charge in [-0.25, -0.2) is 0 Å². The number of furan rings is 1. The summed E-state index contributed by atoms with van der Waals surface area (Å²) in [4.78, 5) is 23.1. The summed E-state index contributed by atoms with van der Waals surface area (Å²) in [7, 11) is 0. The topological polar surface area (TPSA) is 71.3 Å². The predicted octanol–water partition coefficient (Wildman–Crippen LogP) is 2.52. The highest BCUT2D eigenvalue weighted by molar-refractivity contribution is 5.84. The van der Waals surface area contributed by atoms with Gasteiger partial charge in [0.1, 0.15) is 11.5 Å². The van der Waals surface area contributed by atoms with Crippen LogP contribution in [0.2, 0.25) is 0 Å². The van der Waals surface area contributed by atoms with E-state index in [4.69, 9.17) is 4.42 Å². The largest absolute Gasteiger partial charge is 0.461 e. The minimum Gasteiger partial charge on any atom is -0.461 e. The first-order valence-electron chi connectivity index (χ1n) is 7.86. The molecule has 0 unspecified atom stereocenters. The zero-order valence-corrected chi connectivity index (χ0v) is 13.3.